The van der Waals surface area contributed by atoms with Gasteiger partial charge in [0, 0.05) is 11.8 Å². The normalized spacial score (nSPS) is 10.5. The molecule has 0 bridgehead atoms. The van der Waals surface area contributed by atoms with Gasteiger partial charge in [-0.15, -0.1) is 11.3 Å². The van der Waals surface area contributed by atoms with Crippen LogP contribution in [0.2, 0.25) is 0 Å². The van der Waals surface area contributed by atoms with E-state index in [9.17, 15) is 4.79 Å². The van der Waals surface area contributed by atoms with Gasteiger partial charge < -0.3 is 10.1 Å². The summed E-state index contributed by atoms with van der Waals surface area (Å²) in [4.78, 5) is 17.1. The molecular weight excluding hydrogens is 332 g/mol. The lowest BCUT2D eigenvalue weighted by Crippen LogP contribution is -2.11. The third kappa shape index (κ3) is 4.67. The maximum absolute atomic E-state index is 12.3. The highest BCUT2D eigenvalue weighted by Gasteiger charge is 2.11. The van der Waals surface area contributed by atoms with Gasteiger partial charge >= 0.3 is 0 Å². The van der Waals surface area contributed by atoms with Crippen LogP contribution >= 0.6 is 11.3 Å². The Kier molecular flexibility index (Phi) is 5.14. The Bertz CT molecular complexity index is 882. The molecule has 128 valence electrons. The van der Waals surface area contributed by atoms with Crippen LogP contribution in [0.3, 0.4) is 0 Å². The van der Waals surface area contributed by atoms with Crippen molar-refractivity contribution in [2.75, 3.05) is 5.32 Å². The van der Waals surface area contributed by atoms with E-state index >= 15 is 0 Å². The summed E-state index contributed by atoms with van der Waals surface area (Å²) in [6, 6.07) is 11.7. The molecule has 0 aliphatic rings. The van der Waals surface area contributed by atoms with Gasteiger partial charge in [0.05, 0.1) is 4.88 Å². The van der Waals surface area contributed by atoms with Gasteiger partial charge in [0.25, 0.3) is 5.91 Å². The summed E-state index contributed by atoms with van der Waals surface area (Å²) in [6.07, 6.45) is 1.68. The number of hydrogen-bond donors (Lipinski definition) is 1. The zero-order valence-electron chi connectivity index (χ0n) is 14.5. The molecule has 0 aliphatic carbocycles. The first-order chi connectivity index (χ1) is 12.0. The Balaban J connectivity index is 1.62. The van der Waals surface area contributed by atoms with E-state index in [2.05, 4.69) is 16.4 Å². The van der Waals surface area contributed by atoms with Crippen molar-refractivity contribution in [2.45, 2.75) is 27.4 Å². The highest BCUT2D eigenvalue weighted by atomic mass is 32.1. The Morgan fingerprint density at radius 1 is 1.08 bits per heavy atom. The van der Waals surface area contributed by atoms with Crippen LogP contribution in [0, 0.1) is 20.8 Å². The summed E-state index contributed by atoms with van der Waals surface area (Å²) in [5, 5.41) is 4.77. The fourth-order valence-electron chi connectivity index (χ4n) is 2.54. The van der Waals surface area contributed by atoms with E-state index in [1.54, 1.807) is 6.20 Å². The van der Waals surface area contributed by atoms with Gasteiger partial charge in [0.1, 0.15) is 18.2 Å². The van der Waals surface area contributed by atoms with E-state index in [4.69, 9.17) is 4.74 Å². The van der Waals surface area contributed by atoms with Crippen LogP contribution in [-0.4, -0.2) is 10.9 Å². The molecule has 0 atom stereocenters. The number of benzene rings is 1. The zero-order chi connectivity index (χ0) is 17.8. The average Bonchev–Trinajstić information content (AvgIpc) is 3.01. The maximum atomic E-state index is 12.3. The summed E-state index contributed by atoms with van der Waals surface area (Å²) >= 11 is 1.40. The molecule has 0 unspecified atom stereocenters. The smallest absolute Gasteiger partial charge is 0.266 e. The second-order valence-corrected chi connectivity index (χ2v) is 7.02. The van der Waals surface area contributed by atoms with Crippen molar-refractivity contribution in [1.29, 1.82) is 0 Å². The number of thiophene rings is 1. The van der Waals surface area contributed by atoms with Crippen LogP contribution in [0.4, 0.5) is 5.82 Å². The van der Waals surface area contributed by atoms with Crippen molar-refractivity contribution in [3.8, 4) is 5.75 Å². The molecule has 4 nitrogen and oxygen atoms in total. The predicted molar refractivity (Wildman–Crippen MR) is 101 cm³/mol. The van der Waals surface area contributed by atoms with Gasteiger partial charge in [-0.25, -0.2) is 4.98 Å². The fourth-order valence-corrected chi connectivity index (χ4v) is 3.33. The van der Waals surface area contributed by atoms with E-state index in [1.165, 1.54) is 22.5 Å². The molecule has 25 heavy (non-hydrogen) atoms. The Labute approximate surface area is 151 Å². The first kappa shape index (κ1) is 17.2. The minimum absolute atomic E-state index is 0.152. The van der Waals surface area contributed by atoms with Crippen molar-refractivity contribution in [3.63, 3.8) is 0 Å². The van der Waals surface area contributed by atoms with Gasteiger partial charge in [0.2, 0.25) is 0 Å². The lowest BCUT2D eigenvalue weighted by Gasteiger charge is -2.07. The van der Waals surface area contributed by atoms with Crippen molar-refractivity contribution >= 4 is 23.1 Å². The minimum Gasteiger partial charge on any atom is -0.489 e. The summed E-state index contributed by atoms with van der Waals surface area (Å²) in [5.74, 6) is 1.26. The first-order valence-corrected chi connectivity index (χ1v) is 8.90. The largest absolute Gasteiger partial charge is 0.489 e. The molecule has 1 amide bonds. The van der Waals surface area contributed by atoms with Gasteiger partial charge in [-0.05, 0) is 73.2 Å². The number of pyridine rings is 1. The Morgan fingerprint density at radius 2 is 1.84 bits per heavy atom. The highest BCUT2D eigenvalue weighted by molar-refractivity contribution is 7.12. The molecule has 0 saturated heterocycles. The summed E-state index contributed by atoms with van der Waals surface area (Å²) in [7, 11) is 0. The Morgan fingerprint density at radius 3 is 2.56 bits per heavy atom. The first-order valence-electron chi connectivity index (χ1n) is 8.02. The van der Waals surface area contributed by atoms with Gasteiger partial charge in [-0.1, -0.05) is 6.07 Å². The Hall–Kier alpha value is -2.66. The average molecular weight is 352 g/mol. The van der Waals surface area contributed by atoms with Gasteiger partial charge in [0.15, 0.2) is 0 Å². The van der Waals surface area contributed by atoms with Crippen LogP contribution in [0.25, 0.3) is 0 Å². The molecule has 0 aliphatic heterocycles. The third-order valence-corrected chi connectivity index (χ3v) is 4.61. The van der Waals surface area contributed by atoms with E-state index in [0.29, 0.717) is 17.3 Å². The second-order valence-electron chi connectivity index (χ2n) is 6.10. The van der Waals surface area contributed by atoms with E-state index < -0.39 is 0 Å². The third-order valence-electron chi connectivity index (χ3n) is 3.64. The zero-order valence-corrected chi connectivity index (χ0v) is 15.3. The molecule has 0 radical (unpaired) electrons. The molecule has 0 saturated carbocycles. The number of aromatic nitrogens is 1. The van der Waals surface area contributed by atoms with Crippen LogP contribution in [0.5, 0.6) is 5.75 Å². The van der Waals surface area contributed by atoms with Crippen molar-refractivity contribution in [3.05, 3.63) is 75.1 Å². The number of amides is 1. The number of nitrogens with one attached hydrogen (secondary N) is 1. The number of aryl methyl sites for hydroxylation is 3. The summed E-state index contributed by atoms with van der Waals surface area (Å²) in [6.45, 7) is 6.50. The molecule has 0 spiro atoms. The monoisotopic (exact) mass is 352 g/mol. The standard InChI is InChI=1S/C20H20N2O2S/c1-13-4-5-21-19(9-13)22-20(23)18-10-16(12-25-18)11-24-17-7-14(2)6-15(3)8-17/h4-10,12H,11H2,1-3H3,(H,21,22,23). The van der Waals surface area contributed by atoms with Crippen LogP contribution in [-0.2, 0) is 6.61 Å². The number of carbonyl (C=O) groups excluding carboxylic acids is 1. The highest BCUT2D eigenvalue weighted by Crippen LogP contribution is 2.21. The lowest BCUT2D eigenvalue weighted by atomic mass is 10.1. The SMILES string of the molecule is Cc1cc(C)cc(OCc2csc(C(=O)Nc3cc(C)ccn3)c2)c1. The van der Waals surface area contributed by atoms with E-state index in [-0.39, 0.29) is 5.91 Å². The molecule has 2 aromatic heterocycles. The van der Waals surface area contributed by atoms with E-state index in [0.717, 1.165) is 16.9 Å². The van der Waals surface area contributed by atoms with Crippen LogP contribution in [0.15, 0.2) is 48.0 Å². The molecule has 1 aromatic carbocycles. The number of rotatable bonds is 5. The number of hydrogen-bond acceptors (Lipinski definition) is 4. The molecule has 3 rings (SSSR count). The van der Waals surface area contributed by atoms with E-state index in [1.807, 2.05) is 56.5 Å². The number of anilines is 1. The molecular formula is C20H20N2O2S. The molecule has 0 fully saturated rings. The van der Waals surface area contributed by atoms with Crippen LogP contribution < -0.4 is 10.1 Å². The second kappa shape index (κ2) is 7.49. The molecule has 5 heteroatoms. The minimum atomic E-state index is -0.152. The fraction of sp³-hybridized carbons (Fsp3) is 0.200. The number of carbonyl (C=O) groups is 1. The maximum Gasteiger partial charge on any atom is 0.266 e. The lowest BCUT2D eigenvalue weighted by molar-refractivity contribution is 0.103. The van der Waals surface area contributed by atoms with Gasteiger partial charge in [-0.3, -0.25) is 4.79 Å². The van der Waals surface area contributed by atoms with Crippen molar-refractivity contribution < 1.29 is 9.53 Å². The summed E-state index contributed by atoms with van der Waals surface area (Å²) in [5.41, 5.74) is 4.38. The summed E-state index contributed by atoms with van der Waals surface area (Å²) < 4.78 is 5.84. The molecule has 3 aromatic rings. The molecule has 2 heterocycles. The van der Waals surface area contributed by atoms with Gasteiger partial charge in [-0.2, -0.15) is 0 Å². The predicted octanol–water partition coefficient (Wildman–Crippen LogP) is 4.90. The number of ether oxygens (including phenoxy) is 1. The quantitative estimate of drug-likeness (QED) is 0.710. The van der Waals surface area contributed by atoms with Crippen molar-refractivity contribution in [2.24, 2.45) is 0 Å². The van der Waals surface area contributed by atoms with Crippen molar-refractivity contribution in [1.82, 2.24) is 4.98 Å². The topological polar surface area (TPSA) is 51.2 Å². The number of nitrogens with zero attached hydrogens (tertiary/aromatic N) is 1. The van der Waals surface area contributed by atoms with Crippen LogP contribution in [0.1, 0.15) is 31.9 Å². The molecule has 1 N–H and O–H groups in total.